The van der Waals surface area contributed by atoms with Gasteiger partial charge in [-0.1, -0.05) is 6.92 Å². The summed E-state index contributed by atoms with van der Waals surface area (Å²) < 4.78 is 10.1. The molecule has 1 rings (SSSR count). The van der Waals surface area contributed by atoms with E-state index in [0.717, 1.165) is 26.1 Å². The molecular formula is C11H20N4O2. The van der Waals surface area contributed by atoms with Gasteiger partial charge in [0.1, 0.15) is 0 Å². The van der Waals surface area contributed by atoms with Crippen LogP contribution in [0.1, 0.15) is 13.3 Å². The van der Waals surface area contributed by atoms with Gasteiger partial charge in [0.2, 0.25) is 17.7 Å². The Morgan fingerprint density at radius 2 is 1.71 bits per heavy atom. The van der Waals surface area contributed by atoms with E-state index in [4.69, 9.17) is 9.47 Å². The molecule has 0 aliphatic heterocycles. The molecule has 1 aromatic rings. The first-order chi connectivity index (χ1) is 8.30. The first-order valence-corrected chi connectivity index (χ1v) is 5.71. The Hall–Kier alpha value is -1.56. The molecule has 2 N–H and O–H groups in total. The number of methoxy groups -OCH3 is 2. The lowest BCUT2D eigenvalue weighted by atomic mass is 10.5. The van der Waals surface area contributed by atoms with Crippen molar-refractivity contribution in [1.29, 1.82) is 0 Å². The fourth-order valence-corrected chi connectivity index (χ4v) is 1.26. The highest BCUT2D eigenvalue weighted by molar-refractivity contribution is 5.33. The monoisotopic (exact) mass is 240 g/mol. The topological polar surface area (TPSA) is 68.3 Å². The maximum absolute atomic E-state index is 5.06. The van der Waals surface area contributed by atoms with Gasteiger partial charge in [-0.15, -0.1) is 0 Å². The molecule has 0 spiro atoms. The Balaban J connectivity index is 2.46. The molecule has 0 fully saturated rings. The van der Waals surface area contributed by atoms with Gasteiger partial charge < -0.3 is 20.1 Å². The van der Waals surface area contributed by atoms with Crippen LogP contribution in [0.15, 0.2) is 6.07 Å². The van der Waals surface area contributed by atoms with E-state index in [2.05, 4.69) is 27.5 Å². The Kier molecular flexibility index (Phi) is 6.09. The van der Waals surface area contributed by atoms with Crippen LogP contribution in [0, 0.1) is 0 Å². The molecule has 6 nitrogen and oxygen atoms in total. The van der Waals surface area contributed by atoms with Crippen molar-refractivity contribution in [1.82, 2.24) is 15.3 Å². The number of nitrogens with one attached hydrogen (secondary N) is 2. The molecule has 0 aromatic carbocycles. The number of rotatable bonds is 8. The zero-order valence-corrected chi connectivity index (χ0v) is 10.6. The molecule has 1 heterocycles. The largest absolute Gasteiger partial charge is 0.481 e. The van der Waals surface area contributed by atoms with Gasteiger partial charge in [0.05, 0.1) is 20.3 Å². The quantitative estimate of drug-likeness (QED) is 0.658. The molecule has 96 valence electrons. The molecule has 0 aliphatic carbocycles. The van der Waals surface area contributed by atoms with Crippen molar-refractivity contribution in [3.63, 3.8) is 0 Å². The lowest BCUT2D eigenvalue weighted by molar-refractivity contribution is 0.373. The number of aromatic nitrogens is 2. The molecule has 17 heavy (non-hydrogen) atoms. The standard InChI is InChI=1S/C11H20N4O2/c1-4-5-12-6-7-13-11-14-9(16-2)8-10(15-11)17-3/h8,12H,4-7H2,1-3H3,(H,13,14,15). The summed E-state index contributed by atoms with van der Waals surface area (Å²) in [4.78, 5) is 8.33. The lowest BCUT2D eigenvalue weighted by Gasteiger charge is -2.08. The molecule has 0 unspecified atom stereocenters. The average molecular weight is 240 g/mol. The van der Waals surface area contributed by atoms with Crippen molar-refractivity contribution in [3.8, 4) is 11.8 Å². The van der Waals surface area contributed by atoms with Gasteiger partial charge in [0.15, 0.2) is 0 Å². The van der Waals surface area contributed by atoms with Gasteiger partial charge >= 0.3 is 0 Å². The van der Waals surface area contributed by atoms with Crippen LogP contribution in [-0.4, -0.2) is 43.8 Å². The molecule has 0 atom stereocenters. The summed E-state index contributed by atoms with van der Waals surface area (Å²) in [5.41, 5.74) is 0. The Morgan fingerprint density at radius 3 is 2.24 bits per heavy atom. The highest BCUT2D eigenvalue weighted by Gasteiger charge is 2.04. The summed E-state index contributed by atoms with van der Waals surface area (Å²) in [5.74, 6) is 1.49. The molecule has 0 saturated carbocycles. The minimum atomic E-state index is 0.487. The van der Waals surface area contributed by atoms with Crippen LogP contribution in [0.25, 0.3) is 0 Å². The first-order valence-electron chi connectivity index (χ1n) is 5.71. The normalized spacial score (nSPS) is 10.1. The fourth-order valence-electron chi connectivity index (χ4n) is 1.26. The maximum Gasteiger partial charge on any atom is 0.229 e. The molecule has 1 aromatic heterocycles. The third kappa shape index (κ3) is 4.86. The molecule has 0 aliphatic rings. The summed E-state index contributed by atoms with van der Waals surface area (Å²) in [5, 5.41) is 6.39. The Morgan fingerprint density at radius 1 is 1.06 bits per heavy atom. The van der Waals surface area contributed by atoms with Gasteiger partial charge in [-0.3, -0.25) is 0 Å². The summed E-state index contributed by atoms with van der Waals surface area (Å²) in [6.07, 6.45) is 1.13. The number of nitrogens with zero attached hydrogens (tertiary/aromatic N) is 2. The van der Waals surface area contributed by atoms with Crippen LogP contribution in [0.5, 0.6) is 11.8 Å². The number of ether oxygens (including phenoxy) is 2. The summed E-state index contributed by atoms with van der Waals surface area (Å²) in [7, 11) is 3.13. The second kappa shape index (κ2) is 7.67. The fraction of sp³-hybridized carbons (Fsp3) is 0.636. The van der Waals surface area contributed by atoms with E-state index in [1.807, 2.05) is 0 Å². The van der Waals surface area contributed by atoms with Crippen molar-refractivity contribution in [2.45, 2.75) is 13.3 Å². The highest BCUT2D eigenvalue weighted by Crippen LogP contribution is 2.16. The zero-order valence-electron chi connectivity index (χ0n) is 10.6. The Bertz CT molecular complexity index is 311. The highest BCUT2D eigenvalue weighted by atomic mass is 16.5. The predicted octanol–water partition coefficient (Wildman–Crippen LogP) is 0.905. The Labute approximate surface area is 102 Å². The van der Waals surface area contributed by atoms with E-state index >= 15 is 0 Å². The van der Waals surface area contributed by atoms with Crippen molar-refractivity contribution in [2.24, 2.45) is 0 Å². The lowest BCUT2D eigenvalue weighted by Crippen LogP contribution is -2.23. The van der Waals surface area contributed by atoms with Crippen molar-refractivity contribution in [3.05, 3.63) is 6.07 Å². The predicted molar refractivity (Wildman–Crippen MR) is 66.8 cm³/mol. The van der Waals surface area contributed by atoms with Crippen molar-refractivity contribution >= 4 is 5.95 Å². The molecular weight excluding hydrogens is 220 g/mol. The van der Waals surface area contributed by atoms with Gasteiger partial charge in [-0.2, -0.15) is 9.97 Å². The van der Waals surface area contributed by atoms with Gasteiger partial charge in [-0.05, 0) is 13.0 Å². The molecule has 6 heteroatoms. The summed E-state index contributed by atoms with van der Waals surface area (Å²) in [6, 6.07) is 1.64. The summed E-state index contributed by atoms with van der Waals surface area (Å²) in [6.45, 7) is 4.79. The molecule has 0 radical (unpaired) electrons. The van der Waals surface area contributed by atoms with E-state index in [1.165, 1.54) is 0 Å². The second-order valence-corrected chi connectivity index (χ2v) is 3.45. The van der Waals surface area contributed by atoms with Crippen LogP contribution in [0.3, 0.4) is 0 Å². The van der Waals surface area contributed by atoms with Gasteiger partial charge in [0, 0.05) is 13.1 Å². The van der Waals surface area contributed by atoms with Crippen LogP contribution < -0.4 is 20.1 Å². The third-order valence-electron chi connectivity index (χ3n) is 2.11. The molecule has 0 bridgehead atoms. The minimum Gasteiger partial charge on any atom is -0.481 e. The minimum absolute atomic E-state index is 0.487. The molecule has 0 saturated heterocycles. The summed E-state index contributed by atoms with van der Waals surface area (Å²) >= 11 is 0. The maximum atomic E-state index is 5.06. The van der Waals surface area contributed by atoms with Crippen LogP contribution in [0.4, 0.5) is 5.95 Å². The number of hydrogen-bond donors (Lipinski definition) is 2. The van der Waals surface area contributed by atoms with Gasteiger partial charge in [0.25, 0.3) is 0 Å². The second-order valence-electron chi connectivity index (χ2n) is 3.45. The first kappa shape index (κ1) is 13.5. The van der Waals surface area contributed by atoms with Gasteiger partial charge in [-0.25, -0.2) is 0 Å². The van der Waals surface area contributed by atoms with E-state index < -0.39 is 0 Å². The third-order valence-corrected chi connectivity index (χ3v) is 2.11. The SMILES string of the molecule is CCCNCCNc1nc(OC)cc(OC)n1. The van der Waals surface area contributed by atoms with Crippen LogP contribution in [0.2, 0.25) is 0 Å². The van der Waals surface area contributed by atoms with Crippen LogP contribution in [-0.2, 0) is 0 Å². The van der Waals surface area contributed by atoms with E-state index in [0.29, 0.717) is 17.7 Å². The van der Waals surface area contributed by atoms with Crippen molar-refractivity contribution in [2.75, 3.05) is 39.2 Å². The zero-order chi connectivity index (χ0) is 12.5. The number of hydrogen-bond acceptors (Lipinski definition) is 6. The number of anilines is 1. The van der Waals surface area contributed by atoms with E-state index in [-0.39, 0.29) is 0 Å². The smallest absolute Gasteiger partial charge is 0.229 e. The van der Waals surface area contributed by atoms with Crippen LogP contribution >= 0.6 is 0 Å². The molecule has 0 amide bonds. The van der Waals surface area contributed by atoms with E-state index in [1.54, 1.807) is 20.3 Å². The average Bonchev–Trinajstić information content (AvgIpc) is 2.38. The van der Waals surface area contributed by atoms with Crippen molar-refractivity contribution < 1.29 is 9.47 Å². The van der Waals surface area contributed by atoms with E-state index in [9.17, 15) is 0 Å².